The quantitative estimate of drug-likeness (QED) is 0.637. The number of hydrogen-bond donors (Lipinski definition) is 2. The molecule has 0 amide bonds. The minimum atomic E-state index is 0.0956. The van der Waals surface area contributed by atoms with E-state index in [4.69, 9.17) is 5.11 Å². The second-order valence-electron chi connectivity index (χ2n) is 6.15. The Bertz CT molecular complexity index is 936. The van der Waals surface area contributed by atoms with Crippen molar-refractivity contribution in [2.45, 2.75) is 13.8 Å². The number of aliphatic hydroxyl groups excluding tert-OH is 1. The van der Waals surface area contributed by atoms with Gasteiger partial charge in [0.2, 0.25) is 0 Å². The number of aryl methyl sites for hydroxylation is 1. The summed E-state index contributed by atoms with van der Waals surface area (Å²) in [5.74, 6) is 0. The van der Waals surface area contributed by atoms with Crippen molar-refractivity contribution in [1.29, 1.82) is 0 Å². The smallest absolute Gasteiger partial charge is 0.197 e. The van der Waals surface area contributed by atoms with Crippen LogP contribution in [0.15, 0.2) is 41.2 Å². The molecule has 0 radical (unpaired) electrons. The molecular weight excluding hydrogens is 332 g/mol. The molecule has 0 fully saturated rings. The molecule has 3 rings (SSSR count). The number of likely N-dealkylation sites (N-methyl/N-ethyl adjacent to an activating group) is 1. The Morgan fingerprint density at radius 1 is 1.16 bits per heavy atom. The molecule has 1 heterocycles. The number of benzene rings is 2. The molecule has 0 atom stereocenters. The van der Waals surface area contributed by atoms with Crippen molar-refractivity contribution in [3.05, 3.63) is 52.2 Å². The molecule has 132 valence electrons. The zero-order chi connectivity index (χ0) is 17.8. The van der Waals surface area contributed by atoms with E-state index >= 15 is 0 Å². The van der Waals surface area contributed by atoms with Crippen LogP contribution in [0.25, 0.3) is 20.2 Å². The van der Waals surface area contributed by atoms with Gasteiger partial charge in [0.25, 0.3) is 0 Å². The first-order valence-electron chi connectivity index (χ1n) is 8.68. The molecule has 0 unspecified atom stereocenters. The van der Waals surface area contributed by atoms with Crippen LogP contribution in [-0.4, -0.2) is 42.8 Å². The molecule has 2 aromatic carbocycles. The van der Waals surface area contributed by atoms with Crippen molar-refractivity contribution in [2.24, 2.45) is 0 Å². The Hall–Kier alpha value is -1.95. The predicted octanol–water partition coefficient (Wildman–Crippen LogP) is 3.45. The summed E-state index contributed by atoms with van der Waals surface area (Å²) in [6, 6.07) is 11.9. The molecule has 0 bridgehead atoms. The van der Waals surface area contributed by atoms with Crippen molar-refractivity contribution in [3.8, 4) is 0 Å². The number of anilines is 1. The summed E-state index contributed by atoms with van der Waals surface area (Å²) in [6.07, 6.45) is 0. The maximum Gasteiger partial charge on any atom is 0.197 e. The fraction of sp³-hybridized carbons (Fsp3) is 0.350. The molecule has 3 aromatic rings. The summed E-state index contributed by atoms with van der Waals surface area (Å²) in [7, 11) is 0. The number of fused-ring (bicyclic) bond motifs is 2. The van der Waals surface area contributed by atoms with Gasteiger partial charge in [0.15, 0.2) is 5.43 Å². The highest BCUT2D eigenvalue weighted by Crippen LogP contribution is 2.31. The van der Waals surface area contributed by atoms with Crippen molar-refractivity contribution < 1.29 is 5.11 Å². The number of aliphatic hydroxyl groups is 1. The van der Waals surface area contributed by atoms with Gasteiger partial charge in [0, 0.05) is 40.1 Å². The molecule has 0 aliphatic heterocycles. The number of nitrogens with zero attached hydrogens (tertiary/aromatic N) is 1. The van der Waals surface area contributed by atoms with Crippen molar-refractivity contribution in [2.75, 3.05) is 38.1 Å². The predicted molar refractivity (Wildman–Crippen MR) is 108 cm³/mol. The topological polar surface area (TPSA) is 52.6 Å². The summed E-state index contributed by atoms with van der Waals surface area (Å²) >= 11 is 1.68. The minimum Gasteiger partial charge on any atom is -0.395 e. The number of hydrogen-bond acceptors (Lipinski definition) is 5. The maximum absolute atomic E-state index is 13.0. The summed E-state index contributed by atoms with van der Waals surface area (Å²) in [4.78, 5) is 15.2. The van der Waals surface area contributed by atoms with E-state index in [1.165, 1.54) is 0 Å². The summed E-state index contributed by atoms with van der Waals surface area (Å²) < 4.78 is 2.08. The molecule has 0 saturated heterocycles. The van der Waals surface area contributed by atoms with Gasteiger partial charge < -0.3 is 10.4 Å². The van der Waals surface area contributed by atoms with Crippen LogP contribution in [-0.2, 0) is 0 Å². The van der Waals surface area contributed by atoms with Gasteiger partial charge in [-0.1, -0.05) is 25.1 Å². The fourth-order valence-electron chi connectivity index (χ4n) is 3.10. The molecule has 4 nitrogen and oxygen atoms in total. The first kappa shape index (κ1) is 17.9. The average molecular weight is 356 g/mol. The molecule has 0 aliphatic carbocycles. The van der Waals surface area contributed by atoms with E-state index in [1.54, 1.807) is 11.3 Å². The maximum atomic E-state index is 13.0. The Balaban J connectivity index is 1.97. The van der Waals surface area contributed by atoms with E-state index < -0.39 is 0 Å². The second kappa shape index (κ2) is 7.95. The Kier molecular flexibility index (Phi) is 5.68. The highest BCUT2D eigenvalue weighted by atomic mass is 32.1. The molecule has 0 saturated carbocycles. The molecular formula is C20H24N2O2S. The third kappa shape index (κ3) is 3.68. The van der Waals surface area contributed by atoms with E-state index in [1.807, 2.05) is 30.3 Å². The molecule has 5 heteroatoms. The third-order valence-corrected chi connectivity index (χ3v) is 5.84. The molecule has 2 N–H and O–H groups in total. The van der Waals surface area contributed by atoms with Gasteiger partial charge in [-0.05, 0) is 37.2 Å². The van der Waals surface area contributed by atoms with E-state index in [-0.39, 0.29) is 12.0 Å². The number of rotatable bonds is 7. The minimum absolute atomic E-state index is 0.0956. The van der Waals surface area contributed by atoms with Crippen LogP contribution < -0.4 is 10.7 Å². The second-order valence-corrected chi connectivity index (χ2v) is 7.20. The van der Waals surface area contributed by atoms with Crippen LogP contribution in [0.5, 0.6) is 0 Å². The van der Waals surface area contributed by atoms with Gasteiger partial charge in [-0.25, -0.2) is 0 Å². The van der Waals surface area contributed by atoms with E-state index in [2.05, 4.69) is 30.1 Å². The Labute approximate surface area is 151 Å². The third-order valence-electron chi connectivity index (χ3n) is 4.53. The Morgan fingerprint density at radius 3 is 2.72 bits per heavy atom. The van der Waals surface area contributed by atoms with Gasteiger partial charge in [-0.3, -0.25) is 9.69 Å². The summed E-state index contributed by atoms with van der Waals surface area (Å²) in [5, 5.41) is 14.1. The zero-order valence-electron chi connectivity index (χ0n) is 14.7. The lowest BCUT2D eigenvalue weighted by Crippen LogP contribution is -2.31. The summed E-state index contributed by atoms with van der Waals surface area (Å²) in [5.41, 5.74) is 2.12. The van der Waals surface area contributed by atoms with Crippen LogP contribution in [0.2, 0.25) is 0 Å². The van der Waals surface area contributed by atoms with Crippen molar-refractivity contribution in [1.82, 2.24) is 4.90 Å². The lowest BCUT2D eigenvalue weighted by Gasteiger charge is -2.20. The SMILES string of the molecule is CCN(CCO)CCNc1ccc(C)c2sc3ccccc3c(=O)c12. The lowest BCUT2D eigenvalue weighted by atomic mass is 10.1. The lowest BCUT2D eigenvalue weighted by molar-refractivity contribution is 0.206. The average Bonchev–Trinajstić information content (AvgIpc) is 2.63. The van der Waals surface area contributed by atoms with Gasteiger partial charge in [0.05, 0.1) is 12.0 Å². The molecule has 0 spiro atoms. The van der Waals surface area contributed by atoms with E-state index in [0.717, 1.165) is 51.1 Å². The molecule has 25 heavy (non-hydrogen) atoms. The van der Waals surface area contributed by atoms with Gasteiger partial charge >= 0.3 is 0 Å². The van der Waals surface area contributed by atoms with Crippen LogP contribution in [0.3, 0.4) is 0 Å². The Morgan fingerprint density at radius 2 is 1.96 bits per heavy atom. The fourth-order valence-corrected chi connectivity index (χ4v) is 4.27. The number of nitrogens with one attached hydrogen (secondary N) is 1. The zero-order valence-corrected chi connectivity index (χ0v) is 15.5. The largest absolute Gasteiger partial charge is 0.395 e. The standard InChI is InChI=1S/C20H24N2O2S/c1-3-22(12-13-23)11-10-21-16-9-8-14(2)20-18(16)19(24)15-6-4-5-7-17(15)25-20/h4-9,21,23H,3,10-13H2,1-2H3. The first-order valence-corrected chi connectivity index (χ1v) is 9.49. The monoisotopic (exact) mass is 356 g/mol. The summed E-state index contributed by atoms with van der Waals surface area (Å²) in [6.45, 7) is 7.44. The van der Waals surface area contributed by atoms with Crippen LogP contribution in [0, 0.1) is 6.92 Å². The van der Waals surface area contributed by atoms with E-state index in [9.17, 15) is 4.79 Å². The highest BCUT2D eigenvalue weighted by Gasteiger charge is 2.12. The van der Waals surface area contributed by atoms with Gasteiger partial charge in [-0.2, -0.15) is 0 Å². The van der Waals surface area contributed by atoms with Gasteiger partial charge in [-0.15, -0.1) is 11.3 Å². The van der Waals surface area contributed by atoms with Gasteiger partial charge in [0.1, 0.15) is 0 Å². The first-order chi connectivity index (χ1) is 12.2. The van der Waals surface area contributed by atoms with Crippen molar-refractivity contribution >= 4 is 37.2 Å². The highest BCUT2D eigenvalue weighted by molar-refractivity contribution is 7.24. The van der Waals surface area contributed by atoms with Crippen LogP contribution in [0.4, 0.5) is 5.69 Å². The van der Waals surface area contributed by atoms with Crippen LogP contribution in [0.1, 0.15) is 12.5 Å². The van der Waals surface area contributed by atoms with E-state index in [0.29, 0.717) is 6.54 Å². The normalized spacial score (nSPS) is 11.5. The molecule has 1 aromatic heterocycles. The molecule has 0 aliphatic rings. The van der Waals surface area contributed by atoms with Crippen molar-refractivity contribution in [3.63, 3.8) is 0 Å². The van der Waals surface area contributed by atoms with Crippen LogP contribution >= 0.6 is 11.3 Å².